The lowest BCUT2D eigenvalue weighted by molar-refractivity contribution is -0.387. The highest BCUT2D eigenvalue weighted by atomic mass is 32.2. The number of carbonyl (C=O) groups excluding carboxylic acids is 1. The highest BCUT2D eigenvalue weighted by Crippen LogP contribution is 2.40. The van der Waals surface area contributed by atoms with E-state index in [1.54, 1.807) is 36.4 Å². The molecule has 0 N–H and O–H groups in total. The van der Waals surface area contributed by atoms with Gasteiger partial charge in [0.15, 0.2) is 11.9 Å². The van der Waals surface area contributed by atoms with Crippen LogP contribution in [-0.2, 0) is 0 Å². The molecule has 0 saturated carbocycles. The van der Waals surface area contributed by atoms with E-state index >= 15 is 0 Å². The maximum Gasteiger partial charge on any atom is 0.283 e. The number of aryl methyl sites for hydroxylation is 1. The van der Waals surface area contributed by atoms with E-state index in [-0.39, 0.29) is 16.4 Å². The number of nitro benzene ring substituents is 1. The van der Waals surface area contributed by atoms with Gasteiger partial charge in [0.1, 0.15) is 5.75 Å². The number of ether oxygens (including phenoxy) is 1. The monoisotopic (exact) mass is 479 g/mol. The number of hydrogen-bond acceptors (Lipinski definition) is 5. The van der Waals surface area contributed by atoms with Gasteiger partial charge >= 0.3 is 0 Å². The van der Waals surface area contributed by atoms with Crippen molar-refractivity contribution in [1.29, 1.82) is 0 Å². The number of ketones is 1. The predicted octanol–water partition coefficient (Wildman–Crippen LogP) is 7.45. The van der Waals surface area contributed by atoms with Crippen LogP contribution < -0.4 is 4.74 Å². The van der Waals surface area contributed by atoms with E-state index in [2.05, 4.69) is 0 Å². The topological polar surface area (TPSA) is 69.4 Å². The van der Waals surface area contributed by atoms with Gasteiger partial charge in [0.25, 0.3) is 5.69 Å². The van der Waals surface area contributed by atoms with Crippen LogP contribution in [0.15, 0.2) is 112 Å². The molecular weight excluding hydrogens is 458 g/mol. The van der Waals surface area contributed by atoms with E-state index in [1.165, 1.54) is 17.8 Å². The van der Waals surface area contributed by atoms with Gasteiger partial charge in [0.2, 0.25) is 0 Å². The Kier molecular flexibility index (Phi) is 6.21. The molecule has 0 spiro atoms. The summed E-state index contributed by atoms with van der Waals surface area (Å²) >= 11 is 1.34. The second-order valence-corrected chi connectivity index (χ2v) is 9.35. The first-order valence-electron chi connectivity index (χ1n) is 11.1. The lowest BCUT2D eigenvalue weighted by Gasteiger charge is -2.28. The zero-order valence-corrected chi connectivity index (χ0v) is 19.7. The minimum absolute atomic E-state index is 0.00855. The van der Waals surface area contributed by atoms with Crippen molar-refractivity contribution >= 4 is 29.3 Å². The average Bonchev–Trinajstić information content (AvgIpc) is 2.88. The summed E-state index contributed by atoms with van der Waals surface area (Å²) in [5.74, 6) is 0.376. The second kappa shape index (κ2) is 9.60. The van der Waals surface area contributed by atoms with Gasteiger partial charge in [-0.2, -0.15) is 0 Å². The minimum Gasteiger partial charge on any atom is -0.480 e. The zero-order valence-electron chi connectivity index (χ0n) is 18.9. The first-order valence-corrected chi connectivity index (χ1v) is 11.9. The molecule has 0 aliphatic carbocycles. The molecule has 1 heterocycles. The smallest absolute Gasteiger partial charge is 0.283 e. The molecule has 6 heteroatoms. The SMILES string of the molecule is Cc1ccc(Sc2ccc(/C=C3/C(=O)c4ccccc4OC3c3ccccc3)cc2[N+](=O)[O-])cc1. The highest BCUT2D eigenvalue weighted by Gasteiger charge is 2.32. The lowest BCUT2D eigenvalue weighted by Crippen LogP contribution is -2.23. The van der Waals surface area contributed by atoms with Crippen LogP contribution in [0.1, 0.15) is 33.2 Å². The van der Waals surface area contributed by atoms with E-state index in [4.69, 9.17) is 4.74 Å². The molecule has 0 aromatic heterocycles. The van der Waals surface area contributed by atoms with Crippen LogP contribution in [0.3, 0.4) is 0 Å². The number of Topliss-reactive ketones (excluding diaryl/α,β-unsaturated/α-hetero) is 1. The van der Waals surface area contributed by atoms with Crippen LogP contribution in [0.5, 0.6) is 5.75 Å². The Morgan fingerprint density at radius 2 is 1.63 bits per heavy atom. The van der Waals surface area contributed by atoms with Crippen molar-refractivity contribution in [2.45, 2.75) is 22.8 Å². The van der Waals surface area contributed by atoms with Gasteiger partial charge in [-0.1, -0.05) is 78.0 Å². The first-order chi connectivity index (χ1) is 17.0. The molecule has 1 unspecified atom stereocenters. The van der Waals surface area contributed by atoms with Crippen LogP contribution in [0.25, 0.3) is 6.08 Å². The van der Waals surface area contributed by atoms with E-state index < -0.39 is 6.10 Å². The van der Waals surface area contributed by atoms with Crippen molar-refractivity contribution in [3.8, 4) is 5.75 Å². The van der Waals surface area contributed by atoms with Crippen LogP contribution in [0.4, 0.5) is 5.69 Å². The summed E-state index contributed by atoms with van der Waals surface area (Å²) in [4.78, 5) is 26.4. The Bertz CT molecular complexity index is 1450. The molecule has 0 saturated heterocycles. The molecule has 1 aliphatic rings. The Morgan fingerprint density at radius 3 is 2.37 bits per heavy atom. The van der Waals surface area contributed by atoms with Crippen LogP contribution >= 0.6 is 11.8 Å². The normalized spacial score (nSPS) is 16.0. The van der Waals surface area contributed by atoms with Crippen molar-refractivity contribution in [3.63, 3.8) is 0 Å². The Labute approximate surface area is 207 Å². The first kappa shape index (κ1) is 22.6. The number of nitrogens with zero attached hydrogens (tertiary/aromatic N) is 1. The molecule has 172 valence electrons. The average molecular weight is 480 g/mol. The van der Waals surface area contributed by atoms with Gasteiger partial charge in [-0.25, -0.2) is 0 Å². The number of carbonyl (C=O) groups is 1. The number of hydrogen-bond donors (Lipinski definition) is 0. The molecule has 0 amide bonds. The molecule has 0 bridgehead atoms. The third-order valence-corrected chi connectivity index (χ3v) is 6.85. The molecule has 5 rings (SSSR count). The van der Waals surface area contributed by atoms with E-state index in [9.17, 15) is 14.9 Å². The number of para-hydroxylation sites is 1. The lowest BCUT2D eigenvalue weighted by atomic mass is 9.89. The molecule has 4 aromatic rings. The number of fused-ring (bicyclic) bond motifs is 1. The number of rotatable bonds is 5. The summed E-state index contributed by atoms with van der Waals surface area (Å²) < 4.78 is 6.24. The largest absolute Gasteiger partial charge is 0.480 e. The van der Waals surface area contributed by atoms with Gasteiger partial charge in [0.05, 0.1) is 15.4 Å². The summed E-state index contributed by atoms with van der Waals surface area (Å²) in [6, 6.07) is 29.5. The molecule has 1 aliphatic heterocycles. The van der Waals surface area contributed by atoms with Crippen LogP contribution in [0, 0.1) is 17.0 Å². The number of nitro groups is 1. The Morgan fingerprint density at radius 1 is 0.914 bits per heavy atom. The third-order valence-electron chi connectivity index (χ3n) is 5.77. The minimum atomic E-state index is -0.612. The third kappa shape index (κ3) is 4.74. The van der Waals surface area contributed by atoms with Gasteiger partial charge in [-0.05, 0) is 54.5 Å². The van der Waals surface area contributed by atoms with Crippen molar-refractivity contribution in [2.24, 2.45) is 0 Å². The van der Waals surface area contributed by atoms with Crippen molar-refractivity contribution in [1.82, 2.24) is 0 Å². The Hall–Kier alpha value is -4.16. The van der Waals surface area contributed by atoms with Gasteiger partial charge in [0, 0.05) is 16.5 Å². The highest BCUT2D eigenvalue weighted by molar-refractivity contribution is 7.99. The standard InChI is InChI=1S/C29H21NO4S/c1-19-11-14-22(15-12-19)35-27-16-13-20(18-25(27)30(32)33)17-24-28(31)23-9-5-6-10-26(23)34-29(24)21-7-3-2-4-8-21/h2-18,29H,1H3/b24-17-. The molecule has 5 nitrogen and oxygen atoms in total. The molecule has 4 aromatic carbocycles. The molecule has 35 heavy (non-hydrogen) atoms. The van der Waals surface area contributed by atoms with Gasteiger partial charge in [-0.15, -0.1) is 0 Å². The summed E-state index contributed by atoms with van der Waals surface area (Å²) in [6.45, 7) is 2.00. The number of benzene rings is 4. The molecule has 0 fully saturated rings. The zero-order chi connectivity index (χ0) is 24.4. The van der Waals surface area contributed by atoms with E-state index in [0.717, 1.165) is 16.0 Å². The van der Waals surface area contributed by atoms with Gasteiger partial charge < -0.3 is 4.74 Å². The van der Waals surface area contributed by atoms with E-state index in [0.29, 0.717) is 27.3 Å². The summed E-state index contributed by atoms with van der Waals surface area (Å²) in [5, 5.41) is 11.9. The molecular formula is C29H21NO4S. The van der Waals surface area contributed by atoms with Crippen LogP contribution in [-0.4, -0.2) is 10.7 Å². The second-order valence-electron chi connectivity index (χ2n) is 8.23. The fraction of sp³-hybridized carbons (Fsp3) is 0.0690. The predicted molar refractivity (Wildman–Crippen MR) is 137 cm³/mol. The maximum absolute atomic E-state index is 13.5. The summed E-state index contributed by atoms with van der Waals surface area (Å²) in [7, 11) is 0. The molecule has 0 radical (unpaired) electrons. The van der Waals surface area contributed by atoms with Crippen LogP contribution in [0.2, 0.25) is 0 Å². The fourth-order valence-electron chi connectivity index (χ4n) is 4.00. The van der Waals surface area contributed by atoms with Crippen molar-refractivity contribution in [2.75, 3.05) is 0 Å². The van der Waals surface area contributed by atoms with Crippen molar-refractivity contribution < 1.29 is 14.5 Å². The van der Waals surface area contributed by atoms with Gasteiger partial charge in [-0.3, -0.25) is 14.9 Å². The Balaban J connectivity index is 1.56. The van der Waals surface area contributed by atoms with E-state index in [1.807, 2.05) is 67.6 Å². The summed E-state index contributed by atoms with van der Waals surface area (Å²) in [5.41, 5.74) is 3.43. The van der Waals surface area contributed by atoms with Crippen molar-refractivity contribution in [3.05, 3.63) is 135 Å². The fourth-order valence-corrected chi connectivity index (χ4v) is 4.90. The summed E-state index contributed by atoms with van der Waals surface area (Å²) in [6.07, 6.45) is 1.09. The maximum atomic E-state index is 13.5. The molecule has 1 atom stereocenters. The quantitative estimate of drug-likeness (QED) is 0.169.